The zero-order valence-corrected chi connectivity index (χ0v) is 31.6. The van der Waals surface area contributed by atoms with E-state index in [-0.39, 0.29) is 0 Å². The zero-order chi connectivity index (χ0) is 33.5. The van der Waals surface area contributed by atoms with Crippen LogP contribution in [0.3, 0.4) is 0 Å². The van der Waals surface area contributed by atoms with E-state index >= 15 is 0 Å². The van der Waals surface area contributed by atoms with Gasteiger partial charge in [0.1, 0.15) is 0 Å². The summed E-state index contributed by atoms with van der Waals surface area (Å²) in [4.78, 5) is 0. The van der Waals surface area contributed by atoms with Gasteiger partial charge >= 0.3 is 25.7 Å². The van der Waals surface area contributed by atoms with Crippen molar-refractivity contribution in [3.8, 4) is 0 Å². The molecular formula is C42H42O3Si3. The van der Waals surface area contributed by atoms with Gasteiger partial charge in [-0.05, 0) is 72.7 Å². The van der Waals surface area contributed by atoms with Crippen molar-refractivity contribution in [1.82, 2.24) is 0 Å². The van der Waals surface area contributed by atoms with Crippen molar-refractivity contribution in [3.05, 3.63) is 179 Å². The van der Waals surface area contributed by atoms with Gasteiger partial charge in [-0.15, -0.1) is 0 Å². The van der Waals surface area contributed by atoms with E-state index in [1.807, 2.05) is 0 Å². The maximum atomic E-state index is 7.98. The second-order valence-corrected chi connectivity index (χ2v) is 23.0. The molecule has 1 saturated heterocycles. The Bertz CT molecular complexity index is 1630. The third kappa shape index (κ3) is 5.79. The lowest BCUT2D eigenvalue weighted by atomic mass is 10.2. The Balaban J connectivity index is 1.65. The van der Waals surface area contributed by atoms with Crippen LogP contribution in [-0.2, 0) is 12.3 Å². The van der Waals surface area contributed by atoms with Gasteiger partial charge < -0.3 is 12.3 Å². The van der Waals surface area contributed by atoms with Crippen molar-refractivity contribution in [1.29, 1.82) is 0 Å². The summed E-state index contributed by atoms with van der Waals surface area (Å²) in [5.74, 6) is 0. The Morgan fingerprint density at radius 1 is 0.229 bits per heavy atom. The Hall–Kier alpha value is -4.15. The van der Waals surface area contributed by atoms with Crippen molar-refractivity contribution in [2.24, 2.45) is 0 Å². The second-order valence-electron chi connectivity index (χ2n) is 13.4. The van der Waals surface area contributed by atoms with Gasteiger partial charge in [-0.2, -0.15) is 0 Å². The quantitative estimate of drug-likeness (QED) is 0.213. The number of benzene rings is 6. The molecule has 0 bridgehead atoms. The lowest BCUT2D eigenvalue weighted by molar-refractivity contribution is 0.268. The molecule has 0 aromatic heterocycles. The highest BCUT2D eigenvalue weighted by molar-refractivity contribution is 7.16. The van der Waals surface area contributed by atoms with Crippen LogP contribution in [0.25, 0.3) is 0 Å². The minimum absolute atomic E-state index is 1.08. The van der Waals surface area contributed by atoms with E-state index in [1.165, 1.54) is 33.4 Å². The van der Waals surface area contributed by atoms with Crippen LogP contribution >= 0.6 is 0 Å². The van der Waals surface area contributed by atoms with Crippen molar-refractivity contribution in [2.45, 2.75) is 41.5 Å². The number of aryl methyl sites for hydroxylation is 6. The largest absolute Gasteiger partial charge is 0.402 e. The summed E-state index contributed by atoms with van der Waals surface area (Å²) in [6.45, 7) is 12.8. The molecule has 6 heteroatoms. The van der Waals surface area contributed by atoms with E-state index in [1.54, 1.807) is 0 Å². The molecule has 3 nitrogen and oxygen atoms in total. The van der Waals surface area contributed by atoms with Crippen LogP contribution in [0.2, 0.25) is 0 Å². The Morgan fingerprint density at radius 3 is 0.479 bits per heavy atom. The first-order valence-corrected chi connectivity index (χ1v) is 22.1. The maximum Gasteiger partial charge on any atom is 0.390 e. The van der Waals surface area contributed by atoms with Gasteiger partial charge in [0, 0.05) is 0 Å². The highest BCUT2D eigenvalue weighted by atomic mass is 28.5. The fourth-order valence-electron chi connectivity index (χ4n) is 6.51. The van der Waals surface area contributed by atoms with Crippen LogP contribution in [0.15, 0.2) is 146 Å². The summed E-state index contributed by atoms with van der Waals surface area (Å²) >= 11 is 0. The summed E-state index contributed by atoms with van der Waals surface area (Å²) < 4.78 is 23.9. The van der Waals surface area contributed by atoms with Crippen LogP contribution in [0.1, 0.15) is 33.4 Å². The molecule has 0 unspecified atom stereocenters. The molecule has 7 rings (SSSR count). The monoisotopic (exact) mass is 678 g/mol. The van der Waals surface area contributed by atoms with Gasteiger partial charge in [-0.3, -0.25) is 0 Å². The van der Waals surface area contributed by atoms with Crippen LogP contribution in [0.4, 0.5) is 0 Å². The molecular weight excluding hydrogens is 637 g/mol. The predicted molar refractivity (Wildman–Crippen MR) is 205 cm³/mol. The smallest absolute Gasteiger partial charge is 0.390 e. The molecule has 6 aromatic rings. The fourth-order valence-corrected chi connectivity index (χ4v) is 23.3. The van der Waals surface area contributed by atoms with Crippen LogP contribution < -0.4 is 31.1 Å². The van der Waals surface area contributed by atoms with Crippen LogP contribution in [0.5, 0.6) is 0 Å². The summed E-state index contributed by atoms with van der Waals surface area (Å²) in [6, 6.07) is 52.9. The molecule has 0 aliphatic carbocycles. The molecule has 0 radical (unpaired) electrons. The van der Waals surface area contributed by atoms with E-state index in [0.29, 0.717) is 0 Å². The molecule has 0 atom stereocenters. The number of rotatable bonds is 6. The van der Waals surface area contributed by atoms with E-state index in [2.05, 4.69) is 187 Å². The molecule has 6 aromatic carbocycles. The molecule has 48 heavy (non-hydrogen) atoms. The Kier molecular flexibility index (Phi) is 8.58. The van der Waals surface area contributed by atoms with E-state index in [9.17, 15) is 0 Å². The van der Waals surface area contributed by atoms with Gasteiger partial charge in [-0.1, -0.05) is 179 Å². The van der Waals surface area contributed by atoms with Crippen molar-refractivity contribution >= 4 is 56.8 Å². The lowest BCUT2D eigenvalue weighted by Crippen LogP contribution is -2.88. The lowest BCUT2D eigenvalue weighted by Gasteiger charge is -2.53. The summed E-state index contributed by atoms with van der Waals surface area (Å²) in [5.41, 5.74) is 7.17. The molecule has 1 aliphatic rings. The number of hydrogen-bond acceptors (Lipinski definition) is 3. The molecule has 240 valence electrons. The van der Waals surface area contributed by atoms with E-state index < -0.39 is 25.7 Å². The topological polar surface area (TPSA) is 27.7 Å². The highest BCUT2D eigenvalue weighted by Crippen LogP contribution is 2.32. The van der Waals surface area contributed by atoms with Crippen LogP contribution in [-0.4, -0.2) is 25.7 Å². The van der Waals surface area contributed by atoms with E-state index in [4.69, 9.17) is 12.3 Å². The minimum atomic E-state index is -3.54. The normalized spacial score (nSPS) is 16.4. The Morgan fingerprint density at radius 2 is 0.354 bits per heavy atom. The minimum Gasteiger partial charge on any atom is -0.402 e. The average molecular weight is 679 g/mol. The van der Waals surface area contributed by atoms with Gasteiger partial charge in [-0.25, -0.2) is 0 Å². The third-order valence-electron chi connectivity index (χ3n) is 9.45. The average Bonchev–Trinajstić information content (AvgIpc) is 3.09. The van der Waals surface area contributed by atoms with Gasteiger partial charge in [0.05, 0.1) is 0 Å². The van der Waals surface area contributed by atoms with Crippen molar-refractivity contribution < 1.29 is 12.3 Å². The summed E-state index contributed by atoms with van der Waals surface area (Å²) in [7, 11) is -10.6. The SMILES string of the molecule is Cc1ccc([Si]2(c3ccc(C)cc3)O[Si](c3ccc(C)cc3)(c3ccc(C)cc3)O[Si](c3ccc(C)cc3)(c3ccc(C)cc3)O2)cc1. The number of hydrogen-bond donors (Lipinski definition) is 0. The first kappa shape index (κ1) is 32.4. The first-order valence-electron chi connectivity index (χ1n) is 16.7. The standard InChI is InChI=1S/C42H42O3Si3/c1-31-7-19-37(20-8-31)46(38-21-9-32(2)10-22-38)43-47(39-23-11-33(3)12-24-39,40-25-13-34(4)14-26-40)45-48(44-46,41-27-15-35(5)16-28-41)42-29-17-36(6)18-30-42/h7-30H,1-6H3. The molecule has 1 heterocycles. The molecule has 0 amide bonds. The van der Waals surface area contributed by atoms with Crippen molar-refractivity contribution in [2.75, 3.05) is 0 Å². The zero-order valence-electron chi connectivity index (χ0n) is 28.6. The second kappa shape index (κ2) is 12.7. The van der Waals surface area contributed by atoms with Gasteiger partial charge in [0.2, 0.25) is 0 Å². The first-order chi connectivity index (χ1) is 23.1. The highest BCUT2D eigenvalue weighted by Gasteiger charge is 2.67. The Labute approximate surface area is 288 Å². The van der Waals surface area contributed by atoms with Gasteiger partial charge in [0.25, 0.3) is 0 Å². The third-order valence-corrected chi connectivity index (χ3v) is 22.9. The summed E-state index contributed by atoms with van der Waals surface area (Å²) in [6.07, 6.45) is 0. The molecule has 0 saturated carbocycles. The van der Waals surface area contributed by atoms with Crippen molar-refractivity contribution in [3.63, 3.8) is 0 Å². The molecule has 0 N–H and O–H groups in total. The maximum absolute atomic E-state index is 7.98. The molecule has 1 aliphatic heterocycles. The van der Waals surface area contributed by atoms with Gasteiger partial charge in [0.15, 0.2) is 0 Å². The summed E-state index contributed by atoms with van der Waals surface area (Å²) in [5, 5.41) is 6.46. The predicted octanol–water partition coefficient (Wildman–Crippen LogP) is 5.67. The molecule has 1 fully saturated rings. The fraction of sp³-hybridized carbons (Fsp3) is 0.143. The molecule has 0 spiro atoms. The van der Waals surface area contributed by atoms with Crippen LogP contribution in [0, 0.1) is 41.5 Å². The van der Waals surface area contributed by atoms with E-state index in [0.717, 1.165) is 31.1 Å².